The number of hydrogen-bond acceptors (Lipinski definition) is 4. The van der Waals surface area contributed by atoms with Gasteiger partial charge in [0.05, 0.1) is 5.56 Å². The fourth-order valence-corrected chi connectivity index (χ4v) is 6.64. The maximum Gasteiger partial charge on any atom is 0.165 e. The van der Waals surface area contributed by atoms with E-state index in [0.717, 1.165) is 46.2 Å². The van der Waals surface area contributed by atoms with Crippen molar-refractivity contribution >= 4 is 0 Å². The van der Waals surface area contributed by atoms with Crippen LogP contribution in [0.4, 0.5) is 0 Å². The molecule has 4 nitrogen and oxygen atoms in total. The highest BCUT2D eigenvalue weighted by molar-refractivity contribution is 5.81. The van der Waals surface area contributed by atoms with E-state index in [1.165, 1.54) is 11.1 Å². The zero-order chi connectivity index (χ0) is 31.9. The van der Waals surface area contributed by atoms with E-state index in [-0.39, 0.29) is 10.8 Å². The Morgan fingerprint density at radius 1 is 0.478 bits per heavy atom. The van der Waals surface area contributed by atoms with Crippen molar-refractivity contribution in [1.82, 2.24) is 15.0 Å². The summed E-state index contributed by atoms with van der Waals surface area (Å²) in [5.41, 5.74) is 10.1. The Balaban J connectivity index is 1.42. The summed E-state index contributed by atoms with van der Waals surface area (Å²) < 4.78 is 0. The lowest BCUT2D eigenvalue weighted by Crippen LogP contribution is -2.33. The van der Waals surface area contributed by atoms with Gasteiger partial charge in [-0.25, -0.2) is 15.0 Å². The minimum Gasteiger partial charge on any atom is -0.208 e. The van der Waals surface area contributed by atoms with Crippen molar-refractivity contribution < 1.29 is 0 Å². The third-order valence-electron chi connectivity index (χ3n) is 9.50. The molecule has 0 radical (unpaired) electrons. The van der Waals surface area contributed by atoms with Gasteiger partial charge in [0.2, 0.25) is 0 Å². The standard InChI is InChI=1S/C42H36N4/c1-41(2)24-25-42(3,4)37-26-32(22-23-36(37)41)39-44-38(31-20-18-29(19-21-31)28-12-7-5-8-13-28)45-40(46-39)34-17-11-16-33(35(34)27-43)30-14-9-6-10-15-30/h5-23,26H,24-25H2,1-4H3. The van der Waals surface area contributed by atoms with E-state index in [1.54, 1.807) is 0 Å². The second kappa shape index (κ2) is 11.5. The van der Waals surface area contributed by atoms with Gasteiger partial charge in [-0.2, -0.15) is 5.26 Å². The lowest BCUT2D eigenvalue weighted by molar-refractivity contribution is 0.332. The van der Waals surface area contributed by atoms with Crippen LogP contribution in [-0.4, -0.2) is 15.0 Å². The van der Waals surface area contributed by atoms with E-state index in [2.05, 4.69) is 88.4 Å². The molecule has 224 valence electrons. The quantitative estimate of drug-likeness (QED) is 0.199. The first kappa shape index (κ1) is 29.3. The SMILES string of the molecule is CC1(C)CCC(C)(C)c2cc(-c3nc(-c4ccc(-c5ccccc5)cc4)nc(-c4cccc(-c5ccccc5)c4C#N)n3)ccc21. The van der Waals surface area contributed by atoms with E-state index in [9.17, 15) is 5.26 Å². The topological polar surface area (TPSA) is 62.5 Å². The van der Waals surface area contributed by atoms with Crippen LogP contribution in [0.2, 0.25) is 0 Å². The first-order chi connectivity index (χ1) is 22.2. The molecule has 0 N–H and O–H groups in total. The first-order valence-corrected chi connectivity index (χ1v) is 15.9. The van der Waals surface area contributed by atoms with Crippen LogP contribution in [0.1, 0.15) is 57.2 Å². The second-order valence-corrected chi connectivity index (χ2v) is 13.5. The van der Waals surface area contributed by atoms with Gasteiger partial charge in [0.1, 0.15) is 6.07 Å². The highest BCUT2D eigenvalue weighted by atomic mass is 15.0. The fourth-order valence-electron chi connectivity index (χ4n) is 6.64. The zero-order valence-corrected chi connectivity index (χ0v) is 26.8. The minimum absolute atomic E-state index is 0.0464. The predicted octanol–water partition coefficient (Wildman–Crippen LogP) is 10.4. The number of aromatic nitrogens is 3. The molecule has 0 bridgehead atoms. The van der Waals surface area contributed by atoms with E-state index in [1.807, 2.05) is 66.7 Å². The normalized spacial score (nSPS) is 14.7. The van der Waals surface area contributed by atoms with Gasteiger partial charge < -0.3 is 0 Å². The molecule has 6 aromatic rings. The number of nitriles is 1. The molecule has 0 saturated carbocycles. The Hall–Kier alpha value is -5.40. The van der Waals surface area contributed by atoms with Crippen molar-refractivity contribution in [3.8, 4) is 62.5 Å². The Bertz CT molecular complexity index is 2090. The largest absolute Gasteiger partial charge is 0.208 e. The van der Waals surface area contributed by atoms with Gasteiger partial charge in [0, 0.05) is 22.3 Å². The van der Waals surface area contributed by atoms with Gasteiger partial charge in [-0.05, 0) is 63.6 Å². The summed E-state index contributed by atoms with van der Waals surface area (Å²) in [5.74, 6) is 1.66. The smallest absolute Gasteiger partial charge is 0.165 e. The van der Waals surface area contributed by atoms with Crippen LogP contribution in [0.3, 0.4) is 0 Å². The van der Waals surface area contributed by atoms with E-state index >= 15 is 0 Å². The third kappa shape index (κ3) is 5.39. The van der Waals surface area contributed by atoms with Gasteiger partial charge in [-0.1, -0.05) is 137 Å². The van der Waals surface area contributed by atoms with Crippen molar-refractivity contribution in [2.45, 2.75) is 51.4 Å². The van der Waals surface area contributed by atoms with Crippen molar-refractivity contribution in [2.24, 2.45) is 0 Å². The van der Waals surface area contributed by atoms with Crippen LogP contribution in [0.25, 0.3) is 56.4 Å². The van der Waals surface area contributed by atoms with Crippen LogP contribution in [0.15, 0.2) is 121 Å². The summed E-state index contributed by atoms with van der Waals surface area (Å²) in [7, 11) is 0. The summed E-state index contributed by atoms with van der Waals surface area (Å²) in [6.07, 6.45) is 2.27. The van der Waals surface area contributed by atoms with Gasteiger partial charge in [-0.3, -0.25) is 0 Å². The molecule has 1 heterocycles. The first-order valence-electron chi connectivity index (χ1n) is 15.9. The van der Waals surface area contributed by atoms with E-state index in [0.29, 0.717) is 28.6 Å². The molecule has 0 unspecified atom stereocenters. The summed E-state index contributed by atoms with van der Waals surface area (Å²) in [5, 5.41) is 10.5. The van der Waals surface area contributed by atoms with Crippen molar-refractivity contribution in [1.29, 1.82) is 5.26 Å². The molecule has 0 spiro atoms. The van der Waals surface area contributed by atoms with Crippen molar-refractivity contribution in [2.75, 3.05) is 0 Å². The molecule has 1 aliphatic rings. The number of nitrogens with zero attached hydrogens (tertiary/aromatic N) is 4. The van der Waals surface area contributed by atoms with Gasteiger partial charge >= 0.3 is 0 Å². The zero-order valence-electron chi connectivity index (χ0n) is 26.8. The van der Waals surface area contributed by atoms with Crippen LogP contribution < -0.4 is 0 Å². The fraction of sp³-hybridized carbons (Fsp3) is 0.190. The Morgan fingerprint density at radius 2 is 0.978 bits per heavy atom. The molecule has 1 aromatic heterocycles. The summed E-state index contributed by atoms with van der Waals surface area (Å²) in [4.78, 5) is 15.1. The summed E-state index contributed by atoms with van der Waals surface area (Å²) >= 11 is 0. The van der Waals surface area contributed by atoms with Crippen molar-refractivity contribution in [3.63, 3.8) is 0 Å². The average Bonchev–Trinajstić information content (AvgIpc) is 3.10. The highest BCUT2D eigenvalue weighted by Crippen LogP contribution is 2.46. The van der Waals surface area contributed by atoms with Crippen LogP contribution >= 0.6 is 0 Å². The molecule has 0 saturated heterocycles. The molecule has 1 aliphatic carbocycles. The maximum atomic E-state index is 10.5. The van der Waals surface area contributed by atoms with Gasteiger partial charge in [0.25, 0.3) is 0 Å². The third-order valence-corrected chi connectivity index (χ3v) is 9.50. The second-order valence-electron chi connectivity index (χ2n) is 13.5. The lowest BCUT2D eigenvalue weighted by Gasteiger charge is -2.42. The minimum atomic E-state index is 0.0464. The maximum absolute atomic E-state index is 10.5. The molecule has 0 aliphatic heterocycles. The molecule has 0 amide bonds. The Morgan fingerprint density at radius 3 is 1.63 bits per heavy atom. The summed E-state index contributed by atoms with van der Waals surface area (Å²) in [6.45, 7) is 9.33. The molecule has 7 rings (SSSR count). The molecule has 0 atom stereocenters. The van der Waals surface area contributed by atoms with E-state index < -0.39 is 0 Å². The van der Waals surface area contributed by atoms with Gasteiger partial charge in [-0.15, -0.1) is 0 Å². The molecule has 4 heteroatoms. The highest BCUT2D eigenvalue weighted by Gasteiger charge is 2.37. The Labute approximate surface area is 271 Å². The van der Waals surface area contributed by atoms with Crippen molar-refractivity contribution in [3.05, 3.63) is 138 Å². The molecular formula is C42H36N4. The number of benzene rings is 5. The van der Waals surface area contributed by atoms with Crippen LogP contribution in [0, 0.1) is 11.3 Å². The van der Waals surface area contributed by atoms with Gasteiger partial charge in [0.15, 0.2) is 17.5 Å². The predicted molar refractivity (Wildman–Crippen MR) is 187 cm³/mol. The molecule has 0 fully saturated rings. The number of fused-ring (bicyclic) bond motifs is 1. The van der Waals surface area contributed by atoms with E-state index in [4.69, 9.17) is 15.0 Å². The monoisotopic (exact) mass is 596 g/mol. The number of hydrogen-bond donors (Lipinski definition) is 0. The van der Waals surface area contributed by atoms with Crippen LogP contribution in [-0.2, 0) is 10.8 Å². The lowest BCUT2D eigenvalue weighted by atomic mass is 9.63. The molecular weight excluding hydrogens is 560 g/mol. The summed E-state index contributed by atoms with van der Waals surface area (Å²) in [6, 6.07) is 43.7. The molecule has 5 aromatic carbocycles. The average molecular weight is 597 g/mol. The Kier molecular flexibility index (Phi) is 7.34. The number of rotatable bonds is 5. The van der Waals surface area contributed by atoms with Crippen LogP contribution in [0.5, 0.6) is 0 Å². The molecule has 46 heavy (non-hydrogen) atoms.